The Labute approximate surface area is 129 Å². The molecule has 1 fully saturated rings. The molecule has 21 heavy (non-hydrogen) atoms. The Morgan fingerprint density at radius 3 is 2.81 bits per heavy atom. The Morgan fingerprint density at radius 2 is 2.24 bits per heavy atom. The van der Waals surface area contributed by atoms with Crippen molar-refractivity contribution in [3.8, 4) is 0 Å². The van der Waals surface area contributed by atoms with E-state index in [1.165, 1.54) is 6.42 Å². The van der Waals surface area contributed by atoms with Crippen LogP contribution >= 0.6 is 0 Å². The first kappa shape index (κ1) is 18.4. The van der Waals surface area contributed by atoms with Gasteiger partial charge in [0, 0.05) is 19.2 Å². The fourth-order valence-electron chi connectivity index (χ4n) is 3.12. The molecule has 2 N–H and O–H groups in total. The van der Waals surface area contributed by atoms with Crippen LogP contribution in [0, 0.1) is 0 Å². The first-order valence-corrected chi connectivity index (χ1v) is 8.22. The van der Waals surface area contributed by atoms with Crippen LogP contribution < -0.4 is 5.32 Å². The van der Waals surface area contributed by atoms with Crippen molar-refractivity contribution < 1.29 is 14.6 Å². The standard InChI is InChI=1S/C16H32N2O3/c1-5-21-14-8-6-10-18(12-14)11-7-9-16(4,15(19)20)17-13(2)3/h13-14,17H,5-12H2,1-4H3,(H,19,20). The molecule has 0 spiro atoms. The van der Waals surface area contributed by atoms with Crippen LogP contribution in [0.5, 0.6) is 0 Å². The van der Waals surface area contributed by atoms with Crippen molar-refractivity contribution in [2.24, 2.45) is 0 Å². The number of hydrogen-bond donors (Lipinski definition) is 2. The Balaban J connectivity index is 2.38. The summed E-state index contributed by atoms with van der Waals surface area (Å²) in [5.74, 6) is -0.762. The fourth-order valence-corrected chi connectivity index (χ4v) is 3.12. The van der Waals surface area contributed by atoms with Crippen molar-refractivity contribution in [2.45, 2.75) is 71.1 Å². The average Bonchev–Trinajstić information content (AvgIpc) is 2.38. The van der Waals surface area contributed by atoms with Crippen molar-refractivity contribution >= 4 is 5.97 Å². The molecule has 0 bridgehead atoms. The van der Waals surface area contributed by atoms with Gasteiger partial charge < -0.3 is 14.7 Å². The number of nitrogens with zero attached hydrogens (tertiary/aromatic N) is 1. The number of ether oxygens (including phenoxy) is 1. The van der Waals surface area contributed by atoms with E-state index in [0.717, 1.165) is 39.1 Å². The number of carboxylic acid groups (broad SMARTS) is 1. The molecule has 124 valence electrons. The lowest BCUT2D eigenvalue weighted by Crippen LogP contribution is -2.52. The average molecular weight is 300 g/mol. The summed E-state index contributed by atoms with van der Waals surface area (Å²) in [4.78, 5) is 13.9. The van der Waals surface area contributed by atoms with Crippen molar-refractivity contribution in [3.63, 3.8) is 0 Å². The molecule has 2 unspecified atom stereocenters. The van der Waals surface area contributed by atoms with Gasteiger partial charge in [-0.2, -0.15) is 0 Å². The second-order valence-electron chi connectivity index (χ2n) is 6.56. The van der Waals surface area contributed by atoms with Gasteiger partial charge >= 0.3 is 5.97 Å². The Bertz CT molecular complexity index is 321. The van der Waals surface area contributed by atoms with E-state index in [1.807, 2.05) is 20.8 Å². The van der Waals surface area contributed by atoms with E-state index in [1.54, 1.807) is 6.92 Å². The van der Waals surface area contributed by atoms with Gasteiger partial charge in [0.15, 0.2) is 0 Å². The van der Waals surface area contributed by atoms with Gasteiger partial charge in [-0.3, -0.25) is 10.1 Å². The van der Waals surface area contributed by atoms with E-state index in [9.17, 15) is 9.90 Å². The number of nitrogens with one attached hydrogen (secondary N) is 1. The quantitative estimate of drug-likeness (QED) is 0.683. The van der Waals surface area contributed by atoms with Gasteiger partial charge in [0.1, 0.15) is 5.54 Å². The van der Waals surface area contributed by atoms with Crippen molar-refractivity contribution in [1.82, 2.24) is 10.2 Å². The Kier molecular flexibility index (Phi) is 7.63. The highest BCUT2D eigenvalue weighted by Gasteiger charge is 2.33. The predicted molar refractivity (Wildman–Crippen MR) is 84.6 cm³/mol. The maximum atomic E-state index is 11.5. The fraction of sp³-hybridized carbons (Fsp3) is 0.938. The van der Waals surface area contributed by atoms with Crippen molar-refractivity contribution in [3.05, 3.63) is 0 Å². The molecule has 0 aromatic rings. The van der Waals surface area contributed by atoms with Gasteiger partial charge in [-0.15, -0.1) is 0 Å². The molecule has 1 rings (SSSR count). The summed E-state index contributed by atoms with van der Waals surface area (Å²) in [6.45, 7) is 11.6. The molecule has 0 aromatic carbocycles. The number of piperidine rings is 1. The summed E-state index contributed by atoms with van der Waals surface area (Å²) in [5.41, 5.74) is -0.830. The molecule has 1 heterocycles. The smallest absolute Gasteiger partial charge is 0.323 e. The molecule has 0 aliphatic carbocycles. The summed E-state index contributed by atoms with van der Waals surface area (Å²) >= 11 is 0. The minimum Gasteiger partial charge on any atom is -0.480 e. The van der Waals surface area contributed by atoms with Gasteiger partial charge in [-0.25, -0.2) is 0 Å². The second-order valence-corrected chi connectivity index (χ2v) is 6.56. The van der Waals surface area contributed by atoms with Crippen LogP contribution in [0.4, 0.5) is 0 Å². The van der Waals surface area contributed by atoms with Crippen LogP contribution in [-0.4, -0.2) is 59.9 Å². The Morgan fingerprint density at radius 1 is 1.52 bits per heavy atom. The Hall–Kier alpha value is -0.650. The van der Waals surface area contributed by atoms with Crippen LogP contribution in [-0.2, 0) is 9.53 Å². The highest BCUT2D eigenvalue weighted by molar-refractivity contribution is 5.78. The summed E-state index contributed by atoms with van der Waals surface area (Å²) in [5, 5.41) is 12.6. The zero-order chi connectivity index (χ0) is 15.9. The molecule has 0 saturated carbocycles. The van der Waals surface area contributed by atoms with Crippen LogP contribution in [0.25, 0.3) is 0 Å². The summed E-state index contributed by atoms with van der Waals surface area (Å²) < 4.78 is 5.70. The number of carbonyl (C=O) groups is 1. The molecule has 1 aliphatic rings. The maximum absolute atomic E-state index is 11.5. The SMILES string of the molecule is CCOC1CCCN(CCCC(C)(NC(C)C)C(=O)O)C1. The zero-order valence-corrected chi connectivity index (χ0v) is 14.0. The topological polar surface area (TPSA) is 61.8 Å². The monoisotopic (exact) mass is 300 g/mol. The van der Waals surface area contributed by atoms with Gasteiger partial charge in [0.2, 0.25) is 0 Å². The van der Waals surface area contributed by atoms with E-state index in [4.69, 9.17) is 4.74 Å². The van der Waals surface area contributed by atoms with Crippen LogP contribution in [0.2, 0.25) is 0 Å². The van der Waals surface area contributed by atoms with Crippen LogP contribution in [0.3, 0.4) is 0 Å². The zero-order valence-electron chi connectivity index (χ0n) is 14.0. The molecular formula is C16H32N2O3. The normalized spacial score (nSPS) is 23.2. The van der Waals surface area contributed by atoms with Crippen molar-refractivity contribution in [2.75, 3.05) is 26.2 Å². The third kappa shape index (κ3) is 6.32. The number of carboxylic acids is 1. The van der Waals surface area contributed by atoms with E-state index in [2.05, 4.69) is 10.2 Å². The summed E-state index contributed by atoms with van der Waals surface area (Å²) in [7, 11) is 0. The predicted octanol–water partition coefficient (Wildman–Crippen LogP) is 2.11. The third-order valence-electron chi connectivity index (χ3n) is 4.10. The van der Waals surface area contributed by atoms with E-state index >= 15 is 0 Å². The lowest BCUT2D eigenvalue weighted by molar-refractivity contribution is -0.144. The van der Waals surface area contributed by atoms with E-state index < -0.39 is 11.5 Å². The summed E-state index contributed by atoms with van der Waals surface area (Å²) in [6, 6.07) is 0.170. The molecule has 5 nitrogen and oxygen atoms in total. The first-order valence-electron chi connectivity index (χ1n) is 8.22. The molecule has 0 aromatic heterocycles. The lowest BCUT2D eigenvalue weighted by Gasteiger charge is -2.34. The molecule has 2 atom stereocenters. The van der Waals surface area contributed by atoms with Gasteiger partial charge in [-0.05, 0) is 66.5 Å². The number of rotatable bonds is 9. The molecular weight excluding hydrogens is 268 g/mol. The number of hydrogen-bond acceptors (Lipinski definition) is 4. The first-order chi connectivity index (χ1) is 9.87. The van der Waals surface area contributed by atoms with Crippen LogP contribution in [0.1, 0.15) is 53.4 Å². The second kappa shape index (κ2) is 8.71. The number of aliphatic carboxylic acids is 1. The number of likely N-dealkylation sites (tertiary alicyclic amines) is 1. The molecule has 1 saturated heterocycles. The van der Waals surface area contributed by atoms with E-state index in [-0.39, 0.29) is 6.04 Å². The lowest BCUT2D eigenvalue weighted by atomic mass is 9.94. The van der Waals surface area contributed by atoms with Gasteiger partial charge in [0.25, 0.3) is 0 Å². The summed E-state index contributed by atoms with van der Waals surface area (Å²) in [6.07, 6.45) is 4.21. The van der Waals surface area contributed by atoms with Gasteiger partial charge in [0.05, 0.1) is 6.10 Å². The van der Waals surface area contributed by atoms with Crippen molar-refractivity contribution in [1.29, 1.82) is 0 Å². The molecule has 1 aliphatic heterocycles. The largest absolute Gasteiger partial charge is 0.480 e. The highest BCUT2D eigenvalue weighted by atomic mass is 16.5. The maximum Gasteiger partial charge on any atom is 0.323 e. The van der Waals surface area contributed by atoms with Gasteiger partial charge in [-0.1, -0.05) is 0 Å². The minimum absolute atomic E-state index is 0.170. The third-order valence-corrected chi connectivity index (χ3v) is 4.10. The van der Waals surface area contributed by atoms with E-state index in [0.29, 0.717) is 12.5 Å². The highest BCUT2D eigenvalue weighted by Crippen LogP contribution is 2.17. The molecule has 0 amide bonds. The van der Waals surface area contributed by atoms with Crippen LogP contribution in [0.15, 0.2) is 0 Å². The molecule has 5 heteroatoms. The minimum atomic E-state index is -0.830. The molecule has 0 radical (unpaired) electrons.